The van der Waals surface area contributed by atoms with Crippen LogP contribution in [0.2, 0.25) is 0 Å². The van der Waals surface area contributed by atoms with E-state index in [1.807, 2.05) is 34.5 Å². The van der Waals surface area contributed by atoms with Gasteiger partial charge in [-0.2, -0.15) is 5.10 Å². The molecule has 0 aromatic carbocycles. The Bertz CT molecular complexity index is 546. The van der Waals surface area contributed by atoms with Crippen LogP contribution in [0, 0.1) is 0 Å². The first kappa shape index (κ1) is 15.7. The van der Waals surface area contributed by atoms with E-state index in [1.165, 1.54) is 29.0 Å². The van der Waals surface area contributed by atoms with E-state index in [2.05, 4.69) is 29.2 Å². The number of rotatable bonds is 7. The van der Waals surface area contributed by atoms with E-state index in [9.17, 15) is 0 Å². The minimum absolute atomic E-state index is 0.345. The summed E-state index contributed by atoms with van der Waals surface area (Å²) in [4.78, 5) is 5.23. The van der Waals surface area contributed by atoms with Crippen molar-refractivity contribution >= 4 is 11.3 Å². The number of thiophene rings is 1. The molecule has 0 spiro atoms. The van der Waals surface area contributed by atoms with Gasteiger partial charge >= 0.3 is 0 Å². The number of ether oxygens (including phenoxy) is 1. The van der Waals surface area contributed by atoms with Gasteiger partial charge in [0.2, 0.25) is 0 Å². The summed E-state index contributed by atoms with van der Waals surface area (Å²) in [5.74, 6) is 0. The monoisotopic (exact) mass is 319 g/mol. The Kier molecular flexibility index (Phi) is 5.64. The minimum atomic E-state index is 0.345. The SMILES string of the molecule is CN(CCCn1cccn1)Cc1ccc([C@@H]2CCCCO2)s1. The van der Waals surface area contributed by atoms with E-state index >= 15 is 0 Å². The summed E-state index contributed by atoms with van der Waals surface area (Å²) >= 11 is 1.91. The molecule has 0 saturated carbocycles. The van der Waals surface area contributed by atoms with Gasteiger partial charge in [-0.15, -0.1) is 11.3 Å². The molecule has 1 aliphatic rings. The summed E-state index contributed by atoms with van der Waals surface area (Å²) < 4.78 is 7.87. The minimum Gasteiger partial charge on any atom is -0.373 e. The van der Waals surface area contributed by atoms with Crippen LogP contribution in [0.15, 0.2) is 30.6 Å². The molecule has 22 heavy (non-hydrogen) atoms. The van der Waals surface area contributed by atoms with Crippen LogP contribution in [-0.2, 0) is 17.8 Å². The molecular weight excluding hydrogens is 294 g/mol. The number of hydrogen-bond donors (Lipinski definition) is 0. The highest BCUT2D eigenvalue weighted by atomic mass is 32.1. The fourth-order valence-electron chi connectivity index (χ4n) is 2.90. The highest BCUT2D eigenvalue weighted by molar-refractivity contribution is 7.12. The summed E-state index contributed by atoms with van der Waals surface area (Å²) in [7, 11) is 2.19. The first-order valence-electron chi connectivity index (χ1n) is 8.17. The largest absolute Gasteiger partial charge is 0.373 e. The molecule has 1 fully saturated rings. The molecule has 3 rings (SSSR count). The molecule has 1 atom stereocenters. The van der Waals surface area contributed by atoms with Gasteiger partial charge in [0.1, 0.15) is 0 Å². The molecule has 0 unspecified atom stereocenters. The first-order valence-corrected chi connectivity index (χ1v) is 8.99. The van der Waals surface area contributed by atoms with Crippen LogP contribution >= 0.6 is 11.3 Å². The molecule has 0 bridgehead atoms. The lowest BCUT2D eigenvalue weighted by molar-refractivity contribution is 0.0172. The third kappa shape index (κ3) is 4.41. The summed E-state index contributed by atoms with van der Waals surface area (Å²) in [5, 5.41) is 4.24. The van der Waals surface area contributed by atoms with Crippen LogP contribution in [0.4, 0.5) is 0 Å². The molecule has 4 nitrogen and oxygen atoms in total. The fourth-order valence-corrected chi connectivity index (χ4v) is 4.08. The van der Waals surface area contributed by atoms with Gasteiger partial charge in [-0.05, 0) is 57.5 Å². The average molecular weight is 319 g/mol. The summed E-state index contributed by atoms with van der Waals surface area (Å²) in [6.45, 7) is 4.03. The average Bonchev–Trinajstić information content (AvgIpc) is 3.20. The van der Waals surface area contributed by atoms with Crippen molar-refractivity contribution in [1.29, 1.82) is 0 Å². The highest BCUT2D eigenvalue weighted by Crippen LogP contribution is 2.32. The van der Waals surface area contributed by atoms with Gasteiger partial charge in [-0.1, -0.05) is 0 Å². The van der Waals surface area contributed by atoms with Gasteiger partial charge in [0, 0.05) is 41.8 Å². The first-order chi connectivity index (χ1) is 10.8. The Morgan fingerprint density at radius 1 is 1.41 bits per heavy atom. The molecule has 2 aromatic rings. The topological polar surface area (TPSA) is 30.3 Å². The zero-order valence-corrected chi connectivity index (χ0v) is 14.1. The maximum absolute atomic E-state index is 5.88. The van der Waals surface area contributed by atoms with Crippen LogP contribution in [0.25, 0.3) is 0 Å². The predicted molar refractivity (Wildman–Crippen MR) is 90.0 cm³/mol. The molecule has 0 amide bonds. The van der Waals surface area contributed by atoms with Crippen molar-refractivity contribution in [3.8, 4) is 0 Å². The lowest BCUT2D eigenvalue weighted by Crippen LogP contribution is -2.19. The van der Waals surface area contributed by atoms with Gasteiger partial charge in [0.05, 0.1) is 6.10 Å². The maximum Gasteiger partial charge on any atom is 0.0916 e. The summed E-state index contributed by atoms with van der Waals surface area (Å²) in [5.41, 5.74) is 0. The van der Waals surface area contributed by atoms with Crippen molar-refractivity contribution in [3.05, 3.63) is 40.3 Å². The van der Waals surface area contributed by atoms with E-state index in [0.717, 1.165) is 32.7 Å². The molecule has 5 heteroatoms. The van der Waals surface area contributed by atoms with Crippen LogP contribution in [0.3, 0.4) is 0 Å². The van der Waals surface area contributed by atoms with Crippen LogP contribution in [-0.4, -0.2) is 34.9 Å². The van der Waals surface area contributed by atoms with Gasteiger partial charge in [0.15, 0.2) is 0 Å². The Hall–Kier alpha value is -1.17. The predicted octanol–water partition coefficient (Wildman–Crippen LogP) is 3.71. The second-order valence-electron chi connectivity index (χ2n) is 6.02. The quantitative estimate of drug-likeness (QED) is 0.779. The second-order valence-corrected chi connectivity index (χ2v) is 7.22. The Labute approximate surface area is 136 Å². The van der Waals surface area contributed by atoms with Gasteiger partial charge in [-0.3, -0.25) is 4.68 Å². The lowest BCUT2D eigenvalue weighted by Gasteiger charge is -2.21. The molecule has 0 radical (unpaired) electrons. The van der Waals surface area contributed by atoms with Gasteiger partial charge in [-0.25, -0.2) is 0 Å². The van der Waals surface area contributed by atoms with Crippen molar-refractivity contribution in [2.45, 2.75) is 44.9 Å². The molecule has 0 N–H and O–H groups in total. The zero-order valence-electron chi connectivity index (χ0n) is 13.3. The standard InChI is InChI=1S/C17H25N3OS/c1-19(10-5-12-20-11-4-9-18-20)14-15-7-8-17(22-15)16-6-2-3-13-21-16/h4,7-9,11,16H,2-3,5-6,10,12-14H2,1H3/t16-/m0/s1. The van der Waals surface area contributed by atoms with Crippen LogP contribution < -0.4 is 0 Å². The molecule has 3 heterocycles. The fraction of sp³-hybridized carbons (Fsp3) is 0.588. The Morgan fingerprint density at radius 3 is 3.14 bits per heavy atom. The molecule has 2 aromatic heterocycles. The molecular formula is C17H25N3OS. The van der Waals surface area contributed by atoms with E-state index < -0.39 is 0 Å². The Morgan fingerprint density at radius 2 is 2.36 bits per heavy atom. The highest BCUT2D eigenvalue weighted by Gasteiger charge is 2.18. The van der Waals surface area contributed by atoms with Crippen molar-refractivity contribution in [3.63, 3.8) is 0 Å². The van der Waals surface area contributed by atoms with Gasteiger partial charge in [0.25, 0.3) is 0 Å². The van der Waals surface area contributed by atoms with E-state index in [4.69, 9.17) is 4.74 Å². The number of aryl methyl sites for hydroxylation is 1. The van der Waals surface area contributed by atoms with E-state index in [-0.39, 0.29) is 0 Å². The summed E-state index contributed by atoms with van der Waals surface area (Å²) in [6, 6.07) is 6.50. The van der Waals surface area contributed by atoms with Gasteiger partial charge < -0.3 is 9.64 Å². The van der Waals surface area contributed by atoms with Crippen molar-refractivity contribution in [2.24, 2.45) is 0 Å². The summed E-state index contributed by atoms with van der Waals surface area (Å²) in [6.07, 6.45) is 9.03. The van der Waals surface area contributed by atoms with Crippen LogP contribution in [0.5, 0.6) is 0 Å². The van der Waals surface area contributed by atoms with E-state index in [0.29, 0.717) is 6.10 Å². The number of nitrogens with zero attached hydrogens (tertiary/aromatic N) is 3. The van der Waals surface area contributed by atoms with Crippen molar-refractivity contribution in [2.75, 3.05) is 20.2 Å². The lowest BCUT2D eigenvalue weighted by atomic mass is 10.1. The maximum atomic E-state index is 5.88. The third-order valence-electron chi connectivity index (χ3n) is 4.09. The second kappa shape index (κ2) is 7.90. The third-order valence-corrected chi connectivity index (χ3v) is 5.25. The number of aromatic nitrogens is 2. The Balaban J connectivity index is 1.43. The molecule has 0 aliphatic carbocycles. The van der Waals surface area contributed by atoms with Crippen LogP contribution in [0.1, 0.15) is 41.5 Å². The smallest absolute Gasteiger partial charge is 0.0916 e. The van der Waals surface area contributed by atoms with E-state index in [1.54, 1.807) is 0 Å². The molecule has 120 valence electrons. The zero-order chi connectivity index (χ0) is 15.2. The van der Waals surface area contributed by atoms with Crippen molar-refractivity contribution in [1.82, 2.24) is 14.7 Å². The normalized spacial score (nSPS) is 18.9. The van der Waals surface area contributed by atoms with Crippen molar-refractivity contribution < 1.29 is 4.74 Å². The molecule has 1 saturated heterocycles. The molecule has 1 aliphatic heterocycles. The number of hydrogen-bond acceptors (Lipinski definition) is 4.